The van der Waals surface area contributed by atoms with E-state index in [1.807, 2.05) is 0 Å². The number of hydrogen-bond donors (Lipinski definition) is 0. The van der Waals surface area contributed by atoms with Gasteiger partial charge in [0, 0.05) is 11.1 Å². The van der Waals surface area contributed by atoms with Gasteiger partial charge in [-0.2, -0.15) is 0 Å². The predicted molar refractivity (Wildman–Crippen MR) is 100 cm³/mol. The molecule has 1 aromatic heterocycles. The Morgan fingerprint density at radius 1 is 0.577 bits per heavy atom. The van der Waals surface area contributed by atoms with E-state index in [4.69, 9.17) is 23.2 Å². The van der Waals surface area contributed by atoms with Gasteiger partial charge in [-0.1, -0.05) is 23.2 Å². The largest absolute Gasteiger partial charge is 0.244 e. The van der Waals surface area contributed by atoms with Crippen LogP contribution in [-0.2, 0) is 0 Å². The molecule has 1 heterocycles. The topological polar surface area (TPSA) is 25.8 Å². The van der Waals surface area contributed by atoms with E-state index in [2.05, 4.69) is 9.97 Å². The lowest BCUT2D eigenvalue weighted by molar-refractivity contribution is 0.627. The average Bonchev–Trinajstić information content (AvgIpc) is 2.63. The van der Waals surface area contributed by atoms with Gasteiger partial charge in [-0.15, -0.1) is 0 Å². The van der Waals surface area contributed by atoms with Crippen LogP contribution in [0.3, 0.4) is 0 Å². The molecule has 0 atom stereocenters. The maximum absolute atomic E-state index is 13.3. The van der Waals surface area contributed by atoms with Crippen molar-refractivity contribution < 1.29 is 8.78 Å². The maximum atomic E-state index is 13.3. The molecule has 0 spiro atoms. The van der Waals surface area contributed by atoms with Crippen LogP contribution >= 0.6 is 23.2 Å². The SMILES string of the molecule is Fc1ccc(-c2nc3cc(Cl)c(Cl)cc3nc2-c2ccc(F)cc2)cc1. The first-order valence-corrected chi connectivity index (χ1v) is 8.45. The summed E-state index contributed by atoms with van der Waals surface area (Å²) in [6.45, 7) is 0. The Hall–Kier alpha value is -2.56. The van der Waals surface area contributed by atoms with Gasteiger partial charge in [-0.3, -0.25) is 0 Å². The number of hydrogen-bond acceptors (Lipinski definition) is 2. The monoisotopic (exact) mass is 386 g/mol. The number of benzene rings is 3. The zero-order chi connectivity index (χ0) is 18.3. The van der Waals surface area contributed by atoms with Crippen LogP contribution in [0.1, 0.15) is 0 Å². The summed E-state index contributed by atoms with van der Waals surface area (Å²) in [7, 11) is 0. The molecule has 0 aliphatic rings. The van der Waals surface area contributed by atoms with Gasteiger partial charge < -0.3 is 0 Å². The highest BCUT2D eigenvalue weighted by Crippen LogP contribution is 2.33. The minimum absolute atomic E-state index is 0.347. The molecule has 3 aromatic carbocycles. The molecule has 0 fully saturated rings. The van der Waals surface area contributed by atoms with Crippen molar-refractivity contribution in [2.24, 2.45) is 0 Å². The molecule has 4 rings (SSSR count). The van der Waals surface area contributed by atoms with Gasteiger partial charge in [0.05, 0.1) is 32.5 Å². The third-order valence-electron chi connectivity index (χ3n) is 3.94. The van der Waals surface area contributed by atoms with Crippen LogP contribution in [0.25, 0.3) is 33.5 Å². The van der Waals surface area contributed by atoms with Crippen molar-refractivity contribution in [2.75, 3.05) is 0 Å². The highest BCUT2D eigenvalue weighted by Gasteiger charge is 2.15. The van der Waals surface area contributed by atoms with Crippen molar-refractivity contribution in [3.8, 4) is 22.5 Å². The predicted octanol–water partition coefficient (Wildman–Crippen LogP) is 6.55. The van der Waals surface area contributed by atoms with Crippen molar-refractivity contribution in [3.63, 3.8) is 0 Å². The van der Waals surface area contributed by atoms with E-state index < -0.39 is 0 Å². The highest BCUT2D eigenvalue weighted by molar-refractivity contribution is 6.42. The third-order valence-corrected chi connectivity index (χ3v) is 4.66. The van der Waals surface area contributed by atoms with Crippen molar-refractivity contribution in [1.29, 1.82) is 0 Å². The Balaban J connectivity index is 2.02. The number of rotatable bonds is 2. The Bertz CT molecular complexity index is 1020. The minimum Gasteiger partial charge on any atom is -0.244 e. The van der Waals surface area contributed by atoms with Gasteiger partial charge in [-0.05, 0) is 60.7 Å². The lowest BCUT2D eigenvalue weighted by atomic mass is 10.0. The van der Waals surface area contributed by atoms with Gasteiger partial charge in [-0.25, -0.2) is 18.7 Å². The Morgan fingerprint density at radius 2 is 0.923 bits per heavy atom. The van der Waals surface area contributed by atoms with Crippen LogP contribution in [0.2, 0.25) is 10.0 Å². The van der Waals surface area contributed by atoms with Crippen LogP contribution in [0.4, 0.5) is 8.78 Å². The van der Waals surface area contributed by atoms with Crippen LogP contribution in [-0.4, -0.2) is 9.97 Å². The van der Waals surface area contributed by atoms with E-state index in [-0.39, 0.29) is 11.6 Å². The Morgan fingerprint density at radius 3 is 1.27 bits per heavy atom. The lowest BCUT2D eigenvalue weighted by Crippen LogP contribution is -1.96. The molecule has 2 nitrogen and oxygen atoms in total. The highest BCUT2D eigenvalue weighted by atomic mass is 35.5. The minimum atomic E-state index is -0.347. The summed E-state index contributed by atoms with van der Waals surface area (Å²) in [6.07, 6.45) is 0. The maximum Gasteiger partial charge on any atom is 0.123 e. The van der Waals surface area contributed by atoms with E-state index in [1.54, 1.807) is 36.4 Å². The molecule has 0 bridgehead atoms. The molecular weight excluding hydrogens is 377 g/mol. The second-order valence-corrected chi connectivity index (χ2v) is 6.50. The number of aromatic nitrogens is 2. The summed E-state index contributed by atoms with van der Waals surface area (Å²) in [5.74, 6) is -0.693. The molecule has 6 heteroatoms. The quantitative estimate of drug-likeness (QED) is 0.390. The molecule has 0 saturated carbocycles. The van der Waals surface area contributed by atoms with Gasteiger partial charge in [0.2, 0.25) is 0 Å². The van der Waals surface area contributed by atoms with E-state index in [0.29, 0.717) is 43.6 Å². The summed E-state index contributed by atoms with van der Waals surface area (Å²) in [5, 5.41) is 0.737. The fourth-order valence-electron chi connectivity index (χ4n) is 2.67. The van der Waals surface area contributed by atoms with Crippen molar-refractivity contribution in [2.45, 2.75) is 0 Å². The zero-order valence-electron chi connectivity index (χ0n) is 13.2. The Kier molecular flexibility index (Phi) is 4.31. The normalized spacial score (nSPS) is 11.1. The van der Waals surface area contributed by atoms with E-state index in [0.717, 1.165) is 0 Å². The van der Waals surface area contributed by atoms with Gasteiger partial charge >= 0.3 is 0 Å². The second-order valence-electron chi connectivity index (χ2n) is 5.69. The summed E-state index contributed by atoms with van der Waals surface area (Å²) in [6, 6.07) is 15.2. The molecule has 0 aliphatic carbocycles. The van der Waals surface area contributed by atoms with Crippen LogP contribution in [0, 0.1) is 11.6 Å². The van der Waals surface area contributed by atoms with Gasteiger partial charge in [0.1, 0.15) is 11.6 Å². The summed E-state index contributed by atoms with van der Waals surface area (Å²) >= 11 is 12.2. The molecular formula is C20H10Cl2F2N2. The lowest BCUT2D eigenvalue weighted by Gasteiger charge is -2.11. The van der Waals surface area contributed by atoms with E-state index in [1.165, 1.54) is 24.3 Å². The molecule has 0 unspecified atom stereocenters. The smallest absolute Gasteiger partial charge is 0.123 e. The molecule has 128 valence electrons. The molecule has 0 N–H and O–H groups in total. The first kappa shape index (κ1) is 16.9. The van der Waals surface area contributed by atoms with Gasteiger partial charge in [0.25, 0.3) is 0 Å². The first-order valence-electron chi connectivity index (χ1n) is 7.70. The zero-order valence-corrected chi connectivity index (χ0v) is 14.7. The van der Waals surface area contributed by atoms with E-state index in [9.17, 15) is 8.78 Å². The summed E-state index contributed by atoms with van der Waals surface area (Å²) in [4.78, 5) is 9.31. The van der Waals surface area contributed by atoms with E-state index >= 15 is 0 Å². The molecule has 26 heavy (non-hydrogen) atoms. The molecule has 4 aromatic rings. The standard InChI is InChI=1S/C20H10Cl2F2N2/c21-15-9-17-18(10-16(15)22)26-20(12-3-7-14(24)8-4-12)19(25-17)11-1-5-13(23)6-2-11/h1-10H. The second kappa shape index (κ2) is 6.63. The van der Waals surface area contributed by atoms with Crippen molar-refractivity contribution in [1.82, 2.24) is 9.97 Å². The summed E-state index contributed by atoms with van der Waals surface area (Å²) < 4.78 is 26.6. The molecule has 0 radical (unpaired) electrons. The fraction of sp³-hybridized carbons (Fsp3) is 0. The van der Waals surface area contributed by atoms with Crippen molar-refractivity contribution in [3.05, 3.63) is 82.3 Å². The summed E-state index contributed by atoms with van der Waals surface area (Å²) in [5.41, 5.74) is 3.58. The number of halogens is 4. The van der Waals surface area contributed by atoms with Crippen LogP contribution in [0.5, 0.6) is 0 Å². The third kappa shape index (κ3) is 3.14. The van der Waals surface area contributed by atoms with Crippen LogP contribution in [0.15, 0.2) is 60.7 Å². The van der Waals surface area contributed by atoms with Crippen molar-refractivity contribution >= 4 is 34.2 Å². The number of nitrogens with zero attached hydrogens (tertiary/aromatic N) is 2. The first-order chi connectivity index (χ1) is 12.5. The van der Waals surface area contributed by atoms with Gasteiger partial charge in [0.15, 0.2) is 0 Å². The average molecular weight is 387 g/mol. The Labute approximate surface area is 158 Å². The number of fused-ring (bicyclic) bond motifs is 1. The molecule has 0 saturated heterocycles. The van der Waals surface area contributed by atoms with Crippen LogP contribution < -0.4 is 0 Å². The fourth-order valence-corrected chi connectivity index (χ4v) is 2.99. The molecule has 0 aliphatic heterocycles. The molecule has 0 amide bonds.